The van der Waals surface area contributed by atoms with Crippen molar-refractivity contribution in [3.8, 4) is 0 Å². The molecule has 0 atom stereocenters. The second-order valence-corrected chi connectivity index (χ2v) is 6.83. The number of hydrogen-bond acceptors (Lipinski definition) is 3. The van der Waals surface area contributed by atoms with Gasteiger partial charge < -0.3 is 9.80 Å². The Hall–Kier alpha value is -2.28. The maximum Gasteiger partial charge on any atom is 0.417 e. The van der Waals surface area contributed by atoms with Crippen LogP contribution in [0.4, 0.5) is 19.0 Å². The number of aromatic nitrogens is 1. The van der Waals surface area contributed by atoms with Crippen molar-refractivity contribution in [3.05, 3.63) is 58.7 Å². The topological polar surface area (TPSA) is 36.4 Å². The summed E-state index contributed by atoms with van der Waals surface area (Å²) < 4.78 is 37.8. The zero-order valence-corrected chi connectivity index (χ0v) is 15.3. The lowest BCUT2D eigenvalue weighted by molar-refractivity contribution is -0.137. The lowest BCUT2D eigenvalue weighted by Gasteiger charge is -2.35. The van der Waals surface area contributed by atoms with E-state index in [1.165, 1.54) is 6.07 Å². The number of hydrogen-bond donors (Lipinski definition) is 0. The van der Waals surface area contributed by atoms with Gasteiger partial charge in [-0.05, 0) is 36.2 Å². The third-order valence-corrected chi connectivity index (χ3v) is 4.82. The Labute approximate surface area is 160 Å². The molecule has 2 aromatic rings. The molecule has 1 fully saturated rings. The Morgan fingerprint density at radius 3 is 2.26 bits per heavy atom. The molecule has 1 aliphatic heterocycles. The zero-order chi connectivity index (χ0) is 19.4. The Balaban J connectivity index is 1.49. The second kappa shape index (κ2) is 8.17. The van der Waals surface area contributed by atoms with Gasteiger partial charge in [0.05, 0.1) is 5.56 Å². The van der Waals surface area contributed by atoms with Gasteiger partial charge in [0.2, 0.25) is 5.91 Å². The van der Waals surface area contributed by atoms with Crippen LogP contribution in [0.5, 0.6) is 0 Å². The highest BCUT2D eigenvalue weighted by atomic mass is 35.5. The van der Waals surface area contributed by atoms with Gasteiger partial charge in [0.15, 0.2) is 0 Å². The van der Waals surface area contributed by atoms with E-state index in [-0.39, 0.29) is 5.91 Å². The van der Waals surface area contributed by atoms with Gasteiger partial charge in [-0.3, -0.25) is 4.79 Å². The number of carbonyl (C=O) groups excluding carboxylic acids is 1. The standard InChI is InChI=1S/C19H19ClF3N3O/c20-16-5-1-14(2-6-16)3-8-18(27)26-11-9-25(10-12-26)17-7-4-15(13-24-17)19(21,22)23/h1-2,4-7,13H,3,8-12H2. The first kappa shape index (κ1) is 19.5. The summed E-state index contributed by atoms with van der Waals surface area (Å²) in [6, 6.07) is 9.83. The van der Waals surface area contributed by atoms with E-state index in [0.29, 0.717) is 49.9 Å². The van der Waals surface area contributed by atoms with E-state index in [1.807, 2.05) is 17.0 Å². The lowest BCUT2D eigenvalue weighted by atomic mass is 10.1. The fourth-order valence-corrected chi connectivity index (χ4v) is 3.11. The molecule has 0 unspecified atom stereocenters. The normalized spacial score (nSPS) is 15.1. The molecule has 1 aliphatic rings. The van der Waals surface area contributed by atoms with Crippen molar-refractivity contribution in [2.24, 2.45) is 0 Å². The fraction of sp³-hybridized carbons (Fsp3) is 0.368. The quantitative estimate of drug-likeness (QED) is 0.781. The highest BCUT2D eigenvalue weighted by molar-refractivity contribution is 6.30. The molecule has 0 radical (unpaired) electrons. The predicted octanol–water partition coefficient (Wildman–Crippen LogP) is 4.04. The molecule has 0 bridgehead atoms. The van der Waals surface area contributed by atoms with Gasteiger partial charge >= 0.3 is 6.18 Å². The van der Waals surface area contributed by atoms with Gasteiger partial charge in [-0.15, -0.1) is 0 Å². The average Bonchev–Trinajstić information content (AvgIpc) is 2.67. The Morgan fingerprint density at radius 1 is 1.04 bits per heavy atom. The Bertz CT molecular complexity index is 770. The van der Waals surface area contributed by atoms with Gasteiger partial charge in [0.1, 0.15) is 5.82 Å². The minimum absolute atomic E-state index is 0.0741. The number of piperazine rings is 1. The van der Waals surface area contributed by atoms with E-state index >= 15 is 0 Å². The van der Waals surface area contributed by atoms with E-state index in [1.54, 1.807) is 17.0 Å². The number of carbonyl (C=O) groups is 1. The van der Waals surface area contributed by atoms with Gasteiger partial charge in [0, 0.05) is 43.8 Å². The fourth-order valence-electron chi connectivity index (χ4n) is 2.99. The largest absolute Gasteiger partial charge is 0.417 e. The molecular weight excluding hydrogens is 379 g/mol. The maximum atomic E-state index is 12.6. The van der Waals surface area contributed by atoms with Crippen molar-refractivity contribution >= 4 is 23.3 Å². The number of halogens is 4. The number of pyridine rings is 1. The summed E-state index contributed by atoms with van der Waals surface area (Å²) in [5, 5.41) is 0.665. The Kier molecular flexibility index (Phi) is 5.89. The highest BCUT2D eigenvalue weighted by Crippen LogP contribution is 2.29. The molecule has 0 N–H and O–H groups in total. The predicted molar refractivity (Wildman–Crippen MR) is 97.8 cm³/mol. The number of nitrogens with zero attached hydrogens (tertiary/aromatic N) is 3. The van der Waals surface area contributed by atoms with Crippen LogP contribution in [0.15, 0.2) is 42.6 Å². The first-order valence-electron chi connectivity index (χ1n) is 8.63. The van der Waals surface area contributed by atoms with Crippen molar-refractivity contribution in [1.29, 1.82) is 0 Å². The minimum Gasteiger partial charge on any atom is -0.353 e. The molecule has 1 saturated heterocycles. The Morgan fingerprint density at radius 2 is 1.70 bits per heavy atom. The number of rotatable bonds is 4. The lowest BCUT2D eigenvalue weighted by Crippen LogP contribution is -2.49. The molecule has 3 rings (SSSR count). The van der Waals surface area contributed by atoms with Crippen LogP contribution >= 0.6 is 11.6 Å². The zero-order valence-electron chi connectivity index (χ0n) is 14.5. The van der Waals surface area contributed by atoms with E-state index in [2.05, 4.69) is 4.98 Å². The first-order chi connectivity index (χ1) is 12.8. The molecule has 8 heteroatoms. The van der Waals surface area contributed by atoms with Crippen LogP contribution < -0.4 is 4.90 Å². The van der Waals surface area contributed by atoms with Gasteiger partial charge in [-0.1, -0.05) is 23.7 Å². The monoisotopic (exact) mass is 397 g/mol. The number of benzene rings is 1. The number of alkyl halides is 3. The summed E-state index contributed by atoms with van der Waals surface area (Å²) in [6.07, 6.45) is -2.48. The highest BCUT2D eigenvalue weighted by Gasteiger charge is 2.31. The van der Waals surface area contributed by atoms with Gasteiger partial charge in [0.25, 0.3) is 0 Å². The van der Waals surface area contributed by atoms with Crippen LogP contribution in [0, 0.1) is 0 Å². The molecule has 1 aromatic heterocycles. The average molecular weight is 398 g/mol. The van der Waals surface area contributed by atoms with Crippen molar-refractivity contribution < 1.29 is 18.0 Å². The van der Waals surface area contributed by atoms with Crippen molar-refractivity contribution in [2.45, 2.75) is 19.0 Å². The summed E-state index contributed by atoms with van der Waals surface area (Å²) in [5.41, 5.74) is 0.294. The van der Waals surface area contributed by atoms with Gasteiger partial charge in [-0.2, -0.15) is 13.2 Å². The third kappa shape index (κ3) is 5.13. The van der Waals surface area contributed by atoms with Crippen LogP contribution in [0.25, 0.3) is 0 Å². The van der Waals surface area contributed by atoms with Gasteiger partial charge in [-0.25, -0.2) is 4.98 Å². The van der Waals surface area contributed by atoms with E-state index in [9.17, 15) is 18.0 Å². The number of anilines is 1. The minimum atomic E-state index is -4.39. The van der Waals surface area contributed by atoms with Crippen molar-refractivity contribution in [2.75, 3.05) is 31.1 Å². The van der Waals surface area contributed by atoms with Crippen LogP contribution in [0.3, 0.4) is 0 Å². The molecule has 144 valence electrons. The number of aryl methyl sites for hydroxylation is 1. The summed E-state index contributed by atoms with van der Waals surface area (Å²) in [7, 11) is 0. The second-order valence-electron chi connectivity index (χ2n) is 6.40. The third-order valence-electron chi connectivity index (χ3n) is 4.57. The van der Waals surface area contributed by atoms with Crippen molar-refractivity contribution in [3.63, 3.8) is 0 Å². The summed E-state index contributed by atoms with van der Waals surface area (Å²) in [5.74, 6) is 0.571. The molecular formula is C19H19ClF3N3O. The molecule has 0 aliphatic carbocycles. The van der Waals surface area contributed by atoms with Crippen molar-refractivity contribution in [1.82, 2.24) is 9.88 Å². The molecule has 0 saturated carbocycles. The molecule has 1 amide bonds. The molecule has 2 heterocycles. The van der Waals surface area contributed by atoms with E-state index < -0.39 is 11.7 Å². The van der Waals surface area contributed by atoms with E-state index in [0.717, 1.165) is 17.8 Å². The SMILES string of the molecule is O=C(CCc1ccc(Cl)cc1)N1CCN(c2ccc(C(F)(F)F)cn2)CC1. The van der Waals surface area contributed by atoms with Crippen LogP contribution in [0.1, 0.15) is 17.5 Å². The summed E-state index contributed by atoms with van der Waals surface area (Å²) in [4.78, 5) is 20.0. The molecule has 27 heavy (non-hydrogen) atoms. The number of amides is 1. The molecule has 0 spiro atoms. The first-order valence-corrected chi connectivity index (χ1v) is 9.01. The summed E-state index contributed by atoms with van der Waals surface area (Å²) >= 11 is 5.85. The summed E-state index contributed by atoms with van der Waals surface area (Å²) in [6.45, 7) is 2.15. The van der Waals surface area contributed by atoms with Crippen LogP contribution in [0.2, 0.25) is 5.02 Å². The molecule has 1 aromatic carbocycles. The van der Waals surface area contributed by atoms with Crippen LogP contribution in [-0.2, 0) is 17.4 Å². The van der Waals surface area contributed by atoms with E-state index in [4.69, 9.17) is 11.6 Å². The smallest absolute Gasteiger partial charge is 0.353 e. The maximum absolute atomic E-state index is 12.6. The molecule has 4 nitrogen and oxygen atoms in total. The van der Waals surface area contributed by atoms with Crippen LogP contribution in [-0.4, -0.2) is 42.0 Å².